The lowest BCUT2D eigenvalue weighted by Crippen LogP contribution is -2.24. The molecule has 0 spiro atoms. The summed E-state index contributed by atoms with van der Waals surface area (Å²) in [7, 11) is 1.51. The van der Waals surface area contributed by atoms with Gasteiger partial charge in [-0.1, -0.05) is 18.2 Å². The highest BCUT2D eigenvalue weighted by molar-refractivity contribution is 6.16. The molecular weight excluding hydrogens is 304 g/mol. The number of carbonyl (C=O) groups excluding carboxylic acids is 2. The Bertz CT molecular complexity index is 956. The van der Waals surface area contributed by atoms with E-state index in [1.807, 2.05) is 6.07 Å². The SMILES string of the molecule is CNC(=O)/C(N)=C/c1cccc(C(=O)c2c[nH]c3ncccc23)c1. The minimum absolute atomic E-state index is 0.0818. The van der Waals surface area contributed by atoms with Gasteiger partial charge in [-0.25, -0.2) is 4.98 Å². The molecule has 4 N–H and O–H groups in total. The quantitative estimate of drug-likeness (QED) is 0.504. The first-order valence-electron chi connectivity index (χ1n) is 7.36. The van der Waals surface area contributed by atoms with Gasteiger partial charge >= 0.3 is 0 Å². The van der Waals surface area contributed by atoms with Crippen molar-refractivity contribution in [2.24, 2.45) is 5.73 Å². The van der Waals surface area contributed by atoms with E-state index in [-0.39, 0.29) is 17.4 Å². The normalized spacial score (nSPS) is 11.5. The van der Waals surface area contributed by atoms with Gasteiger partial charge in [0.2, 0.25) is 0 Å². The number of likely N-dealkylation sites (N-methyl/N-ethyl adjacent to an activating group) is 1. The third-order valence-electron chi connectivity index (χ3n) is 3.66. The maximum atomic E-state index is 12.8. The molecule has 1 amide bonds. The van der Waals surface area contributed by atoms with Crippen LogP contribution in [-0.4, -0.2) is 28.7 Å². The summed E-state index contributed by atoms with van der Waals surface area (Å²) in [5.41, 5.74) is 8.20. The van der Waals surface area contributed by atoms with Crippen LogP contribution in [0.5, 0.6) is 0 Å². The van der Waals surface area contributed by atoms with Crippen LogP contribution in [0, 0.1) is 0 Å². The zero-order valence-electron chi connectivity index (χ0n) is 13.0. The molecule has 0 radical (unpaired) electrons. The number of aromatic amines is 1. The van der Waals surface area contributed by atoms with Crippen LogP contribution in [-0.2, 0) is 4.79 Å². The van der Waals surface area contributed by atoms with Gasteiger partial charge in [0.25, 0.3) is 5.91 Å². The second-order valence-electron chi connectivity index (χ2n) is 5.24. The second kappa shape index (κ2) is 6.37. The maximum absolute atomic E-state index is 12.8. The van der Waals surface area contributed by atoms with Crippen molar-refractivity contribution in [1.82, 2.24) is 15.3 Å². The highest BCUT2D eigenvalue weighted by Gasteiger charge is 2.14. The van der Waals surface area contributed by atoms with E-state index in [2.05, 4.69) is 15.3 Å². The van der Waals surface area contributed by atoms with E-state index >= 15 is 0 Å². The van der Waals surface area contributed by atoms with Crippen LogP contribution in [0.2, 0.25) is 0 Å². The minimum atomic E-state index is -0.366. The number of nitrogens with two attached hydrogens (primary N) is 1. The number of nitrogens with zero attached hydrogens (tertiary/aromatic N) is 1. The summed E-state index contributed by atoms with van der Waals surface area (Å²) in [6.07, 6.45) is 4.86. The Labute approximate surface area is 138 Å². The van der Waals surface area contributed by atoms with E-state index in [1.165, 1.54) is 13.1 Å². The number of benzene rings is 1. The molecule has 3 aromatic rings. The zero-order chi connectivity index (χ0) is 17.1. The molecule has 0 atom stereocenters. The fourth-order valence-corrected chi connectivity index (χ4v) is 2.46. The highest BCUT2D eigenvalue weighted by Crippen LogP contribution is 2.20. The van der Waals surface area contributed by atoms with Crippen molar-refractivity contribution >= 4 is 28.8 Å². The van der Waals surface area contributed by atoms with E-state index in [0.29, 0.717) is 22.3 Å². The number of pyridine rings is 1. The van der Waals surface area contributed by atoms with Crippen LogP contribution in [0.3, 0.4) is 0 Å². The van der Waals surface area contributed by atoms with Crippen molar-refractivity contribution in [3.05, 3.63) is 71.2 Å². The molecule has 0 aliphatic heterocycles. The van der Waals surface area contributed by atoms with Crippen molar-refractivity contribution in [1.29, 1.82) is 0 Å². The maximum Gasteiger partial charge on any atom is 0.266 e. The summed E-state index contributed by atoms with van der Waals surface area (Å²) in [6, 6.07) is 10.6. The number of carbonyl (C=O) groups is 2. The summed E-state index contributed by atoms with van der Waals surface area (Å²) in [4.78, 5) is 31.4. The number of ketones is 1. The molecule has 2 heterocycles. The van der Waals surface area contributed by atoms with Gasteiger partial charge in [0.05, 0.1) is 5.70 Å². The van der Waals surface area contributed by atoms with Crippen molar-refractivity contribution in [3.63, 3.8) is 0 Å². The molecule has 1 aromatic carbocycles. The molecule has 0 saturated heterocycles. The summed E-state index contributed by atoms with van der Waals surface area (Å²) in [6.45, 7) is 0. The molecule has 3 rings (SSSR count). The number of aromatic nitrogens is 2. The average molecular weight is 320 g/mol. The van der Waals surface area contributed by atoms with Gasteiger partial charge in [0.15, 0.2) is 5.78 Å². The molecule has 6 heteroatoms. The molecule has 0 bridgehead atoms. The van der Waals surface area contributed by atoms with Gasteiger partial charge < -0.3 is 16.0 Å². The van der Waals surface area contributed by atoms with Crippen LogP contribution in [0.1, 0.15) is 21.5 Å². The zero-order valence-corrected chi connectivity index (χ0v) is 13.0. The topological polar surface area (TPSA) is 101 Å². The van der Waals surface area contributed by atoms with Gasteiger partial charge in [-0.05, 0) is 29.8 Å². The molecule has 2 aromatic heterocycles. The van der Waals surface area contributed by atoms with Crippen LogP contribution in [0.4, 0.5) is 0 Å². The Morgan fingerprint density at radius 1 is 1.25 bits per heavy atom. The second-order valence-corrected chi connectivity index (χ2v) is 5.24. The van der Waals surface area contributed by atoms with E-state index in [4.69, 9.17) is 5.73 Å². The molecule has 0 saturated carbocycles. The Morgan fingerprint density at radius 2 is 2.08 bits per heavy atom. The van der Waals surface area contributed by atoms with Crippen LogP contribution >= 0.6 is 0 Å². The Kier molecular flexibility index (Phi) is 4.11. The smallest absolute Gasteiger partial charge is 0.266 e. The van der Waals surface area contributed by atoms with E-state index in [1.54, 1.807) is 42.7 Å². The Morgan fingerprint density at radius 3 is 2.88 bits per heavy atom. The first kappa shape index (κ1) is 15.5. The summed E-state index contributed by atoms with van der Waals surface area (Å²) in [5.74, 6) is -0.488. The predicted octanol–water partition coefficient (Wildman–Crippen LogP) is 1.84. The van der Waals surface area contributed by atoms with E-state index < -0.39 is 0 Å². The summed E-state index contributed by atoms with van der Waals surface area (Å²) < 4.78 is 0. The van der Waals surface area contributed by atoms with Gasteiger partial charge in [-0.15, -0.1) is 0 Å². The molecule has 0 fully saturated rings. The minimum Gasteiger partial charge on any atom is -0.394 e. The molecule has 0 aliphatic rings. The standard InChI is InChI=1S/C18H16N4O2/c1-20-18(24)15(19)9-11-4-2-5-12(8-11)16(23)14-10-22-17-13(14)6-3-7-21-17/h2-10H,19H2,1H3,(H,20,24)(H,21,22)/b15-9-. The lowest BCUT2D eigenvalue weighted by atomic mass is 10.0. The largest absolute Gasteiger partial charge is 0.394 e. The Hall–Kier alpha value is -3.41. The summed E-state index contributed by atoms with van der Waals surface area (Å²) >= 11 is 0. The molecule has 120 valence electrons. The fraction of sp³-hybridized carbons (Fsp3) is 0.0556. The highest BCUT2D eigenvalue weighted by atomic mass is 16.2. The summed E-state index contributed by atoms with van der Waals surface area (Å²) in [5, 5.41) is 3.23. The van der Waals surface area contributed by atoms with Crippen molar-refractivity contribution < 1.29 is 9.59 Å². The number of hydrogen-bond donors (Lipinski definition) is 3. The third kappa shape index (κ3) is 2.89. The van der Waals surface area contributed by atoms with Gasteiger partial charge in [-0.3, -0.25) is 9.59 Å². The Balaban J connectivity index is 1.97. The first-order chi connectivity index (χ1) is 11.6. The molecule has 24 heavy (non-hydrogen) atoms. The number of rotatable bonds is 4. The van der Waals surface area contributed by atoms with E-state index in [0.717, 1.165) is 5.39 Å². The lowest BCUT2D eigenvalue weighted by molar-refractivity contribution is -0.117. The van der Waals surface area contributed by atoms with E-state index in [9.17, 15) is 9.59 Å². The fourth-order valence-electron chi connectivity index (χ4n) is 2.46. The van der Waals surface area contributed by atoms with Gasteiger partial charge in [0, 0.05) is 36.0 Å². The number of hydrogen-bond acceptors (Lipinski definition) is 4. The number of fused-ring (bicyclic) bond motifs is 1. The third-order valence-corrected chi connectivity index (χ3v) is 3.66. The molecule has 6 nitrogen and oxygen atoms in total. The van der Waals surface area contributed by atoms with Crippen LogP contribution in [0.25, 0.3) is 17.1 Å². The molecule has 0 aliphatic carbocycles. The van der Waals surface area contributed by atoms with Crippen molar-refractivity contribution in [2.75, 3.05) is 7.05 Å². The first-order valence-corrected chi connectivity index (χ1v) is 7.36. The number of amides is 1. The van der Waals surface area contributed by atoms with Crippen LogP contribution in [0.15, 0.2) is 54.5 Å². The number of H-pyrrole nitrogens is 1. The monoisotopic (exact) mass is 320 g/mol. The van der Waals surface area contributed by atoms with Crippen molar-refractivity contribution in [2.45, 2.75) is 0 Å². The predicted molar refractivity (Wildman–Crippen MR) is 92.2 cm³/mol. The molecule has 0 unspecified atom stereocenters. The average Bonchev–Trinajstić information content (AvgIpc) is 3.04. The van der Waals surface area contributed by atoms with Gasteiger partial charge in [-0.2, -0.15) is 0 Å². The molecular formula is C18H16N4O2. The van der Waals surface area contributed by atoms with Crippen molar-refractivity contribution in [3.8, 4) is 0 Å². The number of nitrogens with one attached hydrogen (secondary N) is 2. The lowest BCUT2D eigenvalue weighted by Gasteiger charge is -2.03. The van der Waals surface area contributed by atoms with Crippen LogP contribution < -0.4 is 11.1 Å². The van der Waals surface area contributed by atoms with Gasteiger partial charge in [0.1, 0.15) is 5.65 Å².